The summed E-state index contributed by atoms with van der Waals surface area (Å²) in [6.45, 7) is 7.47. The highest BCUT2D eigenvalue weighted by molar-refractivity contribution is 5.95. The number of rotatable bonds is 7. The summed E-state index contributed by atoms with van der Waals surface area (Å²) >= 11 is 0. The first-order valence-corrected chi connectivity index (χ1v) is 10.4. The van der Waals surface area contributed by atoms with Crippen LogP contribution in [0, 0.1) is 0 Å². The highest BCUT2D eigenvalue weighted by Gasteiger charge is 2.28. The van der Waals surface area contributed by atoms with E-state index in [-0.39, 0.29) is 29.9 Å². The van der Waals surface area contributed by atoms with Crippen molar-refractivity contribution in [2.45, 2.75) is 51.7 Å². The number of hydrogen-bond donors (Lipinski definition) is 2. The highest BCUT2D eigenvalue weighted by atomic mass is 16.5. The van der Waals surface area contributed by atoms with Crippen molar-refractivity contribution in [2.75, 3.05) is 25.5 Å². The summed E-state index contributed by atoms with van der Waals surface area (Å²) in [7, 11) is 1.58. The zero-order chi connectivity index (χ0) is 21.7. The van der Waals surface area contributed by atoms with Gasteiger partial charge < -0.3 is 15.4 Å². The molecule has 8 heteroatoms. The molecular weight excluding hydrogens is 382 g/mol. The molecule has 3 rings (SSSR count). The molecule has 2 N–H and O–H groups in total. The second kappa shape index (κ2) is 9.75. The lowest BCUT2D eigenvalue weighted by atomic mass is 10.0. The van der Waals surface area contributed by atoms with E-state index in [0.717, 1.165) is 25.9 Å². The second-order valence-corrected chi connectivity index (χ2v) is 7.94. The van der Waals surface area contributed by atoms with Crippen LogP contribution >= 0.6 is 0 Å². The normalized spacial score (nSPS) is 16.3. The summed E-state index contributed by atoms with van der Waals surface area (Å²) in [5.41, 5.74) is 0.589. The summed E-state index contributed by atoms with van der Waals surface area (Å²) in [6.07, 6.45) is 3.30. The molecule has 1 unspecified atom stereocenters. The Labute approximate surface area is 177 Å². The summed E-state index contributed by atoms with van der Waals surface area (Å²) in [5, 5.41) is 10.3. The van der Waals surface area contributed by atoms with Crippen LogP contribution in [0.25, 0.3) is 0 Å². The molecule has 162 valence electrons. The molecule has 2 heterocycles. The molecule has 2 amide bonds. The number of likely N-dealkylation sites (tertiary alicyclic amines) is 1. The van der Waals surface area contributed by atoms with Gasteiger partial charge in [0.05, 0.1) is 19.3 Å². The molecule has 30 heavy (non-hydrogen) atoms. The average molecular weight is 414 g/mol. The van der Waals surface area contributed by atoms with Gasteiger partial charge in [0.2, 0.25) is 5.91 Å². The fraction of sp³-hybridized carbons (Fsp3) is 0.500. The molecule has 1 aromatic heterocycles. The SMILES string of the molecule is COc1cccc(C(=O)NC2CCN(C(C)C(=O)Nc3ccnn3C(C)C)CC2)c1. The van der Waals surface area contributed by atoms with E-state index >= 15 is 0 Å². The largest absolute Gasteiger partial charge is 0.497 e. The molecule has 1 saturated heterocycles. The Hall–Kier alpha value is -2.87. The second-order valence-electron chi connectivity index (χ2n) is 7.94. The van der Waals surface area contributed by atoms with E-state index in [4.69, 9.17) is 4.74 Å². The molecule has 0 aliphatic carbocycles. The molecule has 1 aromatic carbocycles. The Kier molecular flexibility index (Phi) is 7.10. The van der Waals surface area contributed by atoms with Gasteiger partial charge in [-0.1, -0.05) is 6.07 Å². The Bertz CT molecular complexity index is 871. The maximum atomic E-state index is 12.7. The third kappa shape index (κ3) is 5.18. The molecular formula is C22H31N5O3. The van der Waals surface area contributed by atoms with E-state index in [2.05, 4.69) is 20.6 Å². The van der Waals surface area contributed by atoms with Gasteiger partial charge in [-0.25, -0.2) is 4.68 Å². The van der Waals surface area contributed by atoms with Gasteiger partial charge in [-0.2, -0.15) is 5.10 Å². The maximum Gasteiger partial charge on any atom is 0.251 e. The summed E-state index contributed by atoms with van der Waals surface area (Å²) in [6, 6.07) is 8.96. The number of amides is 2. The number of anilines is 1. The smallest absolute Gasteiger partial charge is 0.251 e. The maximum absolute atomic E-state index is 12.7. The molecule has 1 atom stereocenters. The van der Waals surface area contributed by atoms with Crippen LogP contribution in [-0.4, -0.2) is 58.8 Å². The first-order chi connectivity index (χ1) is 14.4. The third-order valence-electron chi connectivity index (χ3n) is 5.53. The lowest BCUT2D eigenvalue weighted by Gasteiger charge is -2.35. The molecule has 0 radical (unpaired) electrons. The molecule has 8 nitrogen and oxygen atoms in total. The number of nitrogens with zero attached hydrogens (tertiary/aromatic N) is 3. The Morgan fingerprint density at radius 1 is 1.17 bits per heavy atom. The van der Waals surface area contributed by atoms with Gasteiger partial charge in [-0.05, 0) is 51.8 Å². The van der Waals surface area contributed by atoms with E-state index in [9.17, 15) is 9.59 Å². The number of benzene rings is 1. The lowest BCUT2D eigenvalue weighted by molar-refractivity contribution is -0.121. The molecule has 1 aliphatic heterocycles. The molecule has 1 fully saturated rings. The van der Waals surface area contributed by atoms with Crippen LogP contribution in [-0.2, 0) is 4.79 Å². The number of methoxy groups -OCH3 is 1. The minimum absolute atomic E-state index is 0.0451. The number of hydrogen-bond acceptors (Lipinski definition) is 5. The van der Waals surface area contributed by atoms with Crippen LogP contribution in [0.3, 0.4) is 0 Å². The van der Waals surface area contributed by atoms with Crippen LogP contribution in [0.5, 0.6) is 5.75 Å². The summed E-state index contributed by atoms with van der Waals surface area (Å²) in [4.78, 5) is 27.4. The van der Waals surface area contributed by atoms with E-state index in [1.165, 1.54) is 0 Å². The van der Waals surface area contributed by atoms with Crippen LogP contribution in [0.15, 0.2) is 36.5 Å². The van der Waals surface area contributed by atoms with Crippen LogP contribution in [0.4, 0.5) is 5.82 Å². The quantitative estimate of drug-likeness (QED) is 0.729. The number of carbonyl (C=O) groups is 2. The van der Waals surface area contributed by atoms with Crippen molar-refractivity contribution in [1.29, 1.82) is 0 Å². The van der Waals surface area contributed by atoms with Crippen molar-refractivity contribution in [3.63, 3.8) is 0 Å². The fourth-order valence-electron chi connectivity index (χ4n) is 3.69. The fourth-order valence-corrected chi connectivity index (χ4v) is 3.69. The zero-order valence-corrected chi connectivity index (χ0v) is 18.1. The number of ether oxygens (including phenoxy) is 1. The Morgan fingerprint density at radius 3 is 2.57 bits per heavy atom. The molecule has 0 spiro atoms. The Morgan fingerprint density at radius 2 is 1.90 bits per heavy atom. The van der Waals surface area contributed by atoms with Crippen molar-refractivity contribution >= 4 is 17.6 Å². The van der Waals surface area contributed by atoms with Gasteiger partial charge in [0.25, 0.3) is 5.91 Å². The third-order valence-corrected chi connectivity index (χ3v) is 5.53. The van der Waals surface area contributed by atoms with Crippen molar-refractivity contribution in [2.24, 2.45) is 0 Å². The number of nitrogens with one attached hydrogen (secondary N) is 2. The van der Waals surface area contributed by atoms with E-state index in [0.29, 0.717) is 17.1 Å². The van der Waals surface area contributed by atoms with Crippen molar-refractivity contribution in [1.82, 2.24) is 20.0 Å². The zero-order valence-electron chi connectivity index (χ0n) is 18.1. The Balaban J connectivity index is 1.50. The minimum Gasteiger partial charge on any atom is -0.497 e. The number of aromatic nitrogens is 2. The van der Waals surface area contributed by atoms with E-state index in [1.807, 2.05) is 39.0 Å². The summed E-state index contributed by atoms with van der Waals surface area (Å²) < 4.78 is 6.98. The first-order valence-electron chi connectivity index (χ1n) is 10.4. The monoisotopic (exact) mass is 413 g/mol. The van der Waals surface area contributed by atoms with Crippen molar-refractivity contribution in [3.8, 4) is 5.75 Å². The van der Waals surface area contributed by atoms with Crippen LogP contribution < -0.4 is 15.4 Å². The lowest BCUT2D eigenvalue weighted by Crippen LogP contribution is -2.50. The standard InChI is InChI=1S/C22H31N5O3/c1-15(2)27-20(8-11-23-27)25-21(28)16(3)26-12-9-18(10-13-26)24-22(29)17-6-5-7-19(14-17)30-4/h5-8,11,14-16,18H,9-10,12-13H2,1-4H3,(H,24,29)(H,25,28). The molecule has 0 bridgehead atoms. The average Bonchev–Trinajstić information content (AvgIpc) is 3.22. The van der Waals surface area contributed by atoms with E-state index in [1.54, 1.807) is 30.1 Å². The molecule has 2 aromatic rings. The predicted molar refractivity (Wildman–Crippen MR) is 116 cm³/mol. The number of carbonyl (C=O) groups excluding carboxylic acids is 2. The van der Waals surface area contributed by atoms with Gasteiger partial charge in [0.1, 0.15) is 11.6 Å². The van der Waals surface area contributed by atoms with Gasteiger partial charge in [0.15, 0.2) is 0 Å². The van der Waals surface area contributed by atoms with Crippen LogP contribution in [0.1, 0.15) is 50.0 Å². The highest BCUT2D eigenvalue weighted by Crippen LogP contribution is 2.18. The van der Waals surface area contributed by atoms with Crippen LogP contribution in [0.2, 0.25) is 0 Å². The summed E-state index contributed by atoms with van der Waals surface area (Å²) in [5.74, 6) is 1.23. The topological polar surface area (TPSA) is 88.5 Å². The number of piperidine rings is 1. The first kappa shape index (κ1) is 21.8. The van der Waals surface area contributed by atoms with Gasteiger partial charge in [0, 0.05) is 36.8 Å². The minimum atomic E-state index is -0.254. The predicted octanol–water partition coefficient (Wildman–Crippen LogP) is 2.69. The molecule has 1 aliphatic rings. The van der Waals surface area contributed by atoms with E-state index < -0.39 is 0 Å². The van der Waals surface area contributed by atoms with Crippen molar-refractivity contribution < 1.29 is 14.3 Å². The van der Waals surface area contributed by atoms with Gasteiger partial charge in [-0.15, -0.1) is 0 Å². The van der Waals surface area contributed by atoms with Gasteiger partial charge in [-0.3, -0.25) is 14.5 Å². The molecule has 0 saturated carbocycles. The van der Waals surface area contributed by atoms with Gasteiger partial charge >= 0.3 is 0 Å². The van der Waals surface area contributed by atoms with Crippen molar-refractivity contribution in [3.05, 3.63) is 42.1 Å².